The van der Waals surface area contributed by atoms with E-state index in [-0.39, 0.29) is 12.5 Å². The van der Waals surface area contributed by atoms with Crippen LogP contribution in [0.3, 0.4) is 0 Å². The van der Waals surface area contributed by atoms with Gasteiger partial charge in [0.25, 0.3) is 5.91 Å². The minimum Gasteiger partial charge on any atom is -0.483 e. The SMILES string of the molecule is CCOCc1ccccc1CNC(=O)COc1ccc2ccccc2c1Br. The van der Waals surface area contributed by atoms with Gasteiger partial charge in [0, 0.05) is 13.2 Å². The number of benzene rings is 3. The smallest absolute Gasteiger partial charge is 0.258 e. The summed E-state index contributed by atoms with van der Waals surface area (Å²) in [5.41, 5.74) is 2.13. The molecule has 0 fully saturated rings. The molecule has 0 aliphatic rings. The number of amides is 1. The molecule has 3 aromatic rings. The second-order valence-electron chi connectivity index (χ2n) is 6.07. The number of rotatable bonds is 8. The zero-order valence-electron chi connectivity index (χ0n) is 15.2. The summed E-state index contributed by atoms with van der Waals surface area (Å²) in [6.07, 6.45) is 0. The quantitative estimate of drug-likeness (QED) is 0.559. The van der Waals surface area contributed by atoms with Crippen molar-refractivity contribution < 1.29 is 14.3 Å². The van der Waals surface area contributed by atoms with E-state index in [1.165, 1.54) is 0 Å². The lowest BCUT2D eigenvalue weighted by molar-refractivity contribution is -0.123. The van der Waals surface area contributed by atoms with E-state index in [9.17, 15) is 4.79 Å². The molecule has 1 amide bonds. The van der Waals surface area contributed by atoms with Gasteiger partial charge in [-0.2, -0.15) is 0 Å². The molecule has 0 saturated carbocycles. The minimum absolute atomic E-state index is 0.0371. The van der Waals surface area contributed by atoms with E-state index >= 15 is 0 Å². The summed E-state index contributed by atoms with van der Waals surface area (Å²) in [4.78, 5) is 12.2. The molecule has 0 aliphatic heterocycles. The third-order valence-electron chi connectivity index (χ3n) is 4.24. The van der Waals surface area contributed by atoms with Crippen LogP contribution < -0.4 is 10.1 Å². The summed E-state index contributed by atoms with van der Waals surface area (Å²) in [5.74, 6) is 0.488. The van der Waals surface area contributed by atoms with E-state index in [1.54, 1.807) is 0 Å². The van der Waals surface area contributed by atoms with Crippen molar-refractivity contribution in [2.45, 2.75) is 20.1 Å². The van der Waals surface area contributed by atoms with Gasteiger partial charge in [0.05, 0.1) is 11.1 Å². The number of hydrogen-bond acceptors (Lipinski definition) is 3. The molecule has 0 saturated heterocycles. The number of halogens is 1. The predicted molar refractivity (Wildman–Crippen MR) is 111 cm³/mol. The molecule has 4 nitrogen and oxygen atoms in total. The third-order valence-corrected chi connectivity index (χ3v) is 5.06. The van der Waals surface area contributed by atoms with Gasteiger partial charge in [-0.15, -0.1) is 0 Å². The molecule has 0 spiro atoms. The van der Waals surface area contributed by atoms with Crippen molar-refractivity contribution in [2.75, 3.05) is 13.2 Å². The van der Waals surface area contributed by atoms with Crippen molar-refractivity contribution in [1.29, 1.82) is 0 Å². The van der Waals surface area contributed by atoms with Crippen molar-refractivity contribution in [3.8, 4) is 5.75 Å². The normalized spacial score (nSPS) is 10.7. The zero-order valence-corrected chi connectivity index (χ0v) is 16.8. The highest BCUT2D eigenvalue weighted by atomic mass is 79.9. The second-order valence-corrected chi connectivity index (χ2v) is 6.86. The maximum Gasteiger partial charge on any atom is 0.258 e. The first-order valence-electron chi connectivity index (χ1n) is 8.90. The average Bonchev–Trinajstić information content (AvgIpc) is 2.71. The van der Waals surface area contributed by atoms with E-state index < -0.39 is 0 Å². The molecule has 0 aromatic heterocycles. The molecule has 1 N–H and O–H groups in total. The first-order valence-corrected chi connectivity index (χ1v) is 9.69. The Kier molecular flexibility index (Phi) is 6.85. The Morgan fingerprint density at radius 1 is 1.00 bits per heavy atom. The summed E-state index contributed by atoms with van der Waals surface area (Å²) < 4.78 is 12.0. The minimum atomic E-state index is -0.165. The van der Waals surface area contributed by atoms with Gasteiger partial charge in [0.1, 0.15) is 5.75 Å². The van der Waals surface area contributed by atoms with Crippen molar-refractivity contribution in [3.63, 3.8) is 0 Å². The van der Waals surface area contributed by atoms with Gasteiger partial charge in [0.15, 0.2) is 6.61 Å². The van der Waals surface area contributed by atoms with Gasteiger partial charge in [-0.3, -0.25) is 4.79 Å². The van der Waals surface area contributed by atoms with Crippen LogP contribution in [0.2, 0.25) is 0 Å². The fraction of sp³-hybridized carbons (Fsp3) is 0.227. The molecule has 3 rings (SSSR count). The summed E-state index contributed by atoms with van der Waals surface area (Å²) in [5, 5.41) is 5.08. The maximum absolute atomic E-state index is 12.2. The molecule has 0 unspecified atom stereocenters. The molecule has 0 atom stereocenters. The lowest BCUT2D eigenvalue weighted by Gasteiger charge is -2.12. The van der Waals surface area contributed by atoms with Gasteiger partial charge < -0.3 is 14.8 Å². The van der Waals surface area contributed by atoms with Crippen LogP contribution in [0.25, 0.3) is 10.8 Å². The van der Waals surface area contributed by atoms with E-state index in [4.69, 9.17) is 9.47 Å². The van der Waals surface area contributed by atoms with Gasteiger partial charge in [-0.25, -0.2) is 0 Å². The molecule has 0 radical (unpaired) electrons. The maximum atomic E-state index is 12.2. The molecule has 5 heteroatoms. The van der Waals surface area contributed by atoms with Crippen molar-refractivity contribution >= 4 is 32.6 Å². The number of carbonyl (C=O) groups excluding carboxylic acids is 1. The van der Waals surface area contributed by atoms with Gasteiger partial charge in [-0.1, -0.05) is 54.6 Å². The molecule has 0 aliphatic carbocycles. The topological polar surface area (TPSA) is 47.6 Å². The van der Waals surface area contributed by atoms with Crippen LogP contribution in [0.1, 0.15) is 18.1 Å². The standard InChI is InChI=1S/C22H22BrNO3/c1-2-26-14-18-9-4-3-8-17(18)13-24-21(25)15-27-20-12-11-16-7-5-6-10-19(16)22(20)23/h3-12H,2,13-15H2,1H3,(H,24,25). The molecular weight excluding hydrogens is 406 g/mol. The van der Waals surface area contributed by atoms with Crippen LogP contribution in [-0.2, 0) is 22.7 Å². The summed E-state index contributed by atoms with van der Waals surface area (Å²) in [6, 6.07) is 19.8. The highest BCUT2D eigenvalue weighted by Gasteiger charge is 2.09. The highest BCUT2D eigenvalue weighted by Crippen LogP contribution is 2.32. The number of fused-ring (bicyclic) bond motifs is 1. The zero-order chi connectivity index (χ0) is 19.1. The Labute approximate surface area is 167 Å². The van der Waals surface area contributed by atoms with Gasteiger partial charge >= 0.3 is 0 Å². The molecule has 27 heavy (non-hydrogen) atoms. The first-order chi connectivity index (χ1) is 13.2. The lowest BCUT2D eigenvalue weighted by atomic mass is 10.1. The fourth-order valence-corrected chi connectivity index (χ4v) is 3.40. The van der Waals surface area contributed by atoms with Crippen LogP contribution in [0.15, 0.2) is 65.1 Å². The van der Waals surface area contributed by atoms with E-state index in [1.807, 2.05) is 67.6 Å². The highest BCUT2D eigenvalue weighted by molar-refractivity contribution is 9.10. The van der Waals surface area contributed by atoms with E-state index in [0.29, 0.717) is 25.5 Å². The van der Waals surface area contributed by atoms with Crippen molar-refractivity contribution in [2.24, 2.45) is 0 Å². The predicted octanol–water partition coefficient (Wildman–Crippen LogP) is 4.83. The van der Waals surface area contributed by atoms with E-state index in [0.717, 1.165) is 26.4 Å². The number of carbonyl (C=O) groups is 1. The number of nitrogens with one attached hydrogen (secondary N) is 1. The molecule has 3 aromatic carbocycles. The fourth-order valence-electron chi connectivity index (χ4n) is 2.80. The lowest BCUT2D eigenvalue weighted by Crippen LogP contribution is -2.28. The molecule has 140 valence electrons. The Bertz CT molecular complexity index is 926. The monoisotopic (exact) mass is 427 g/mol. The summed E-state index contributed by atoms with van der Waals surface area (Å²) >= 11 is 3.57. The van der Waals surface area contributed by atoms with Gasteiger partial charge in [0.2, 0.25) is 0 Å². The largest absolute Gasteiger partial charge is 0.483 e. The van der Waals surface area contributed by atoms with Crippen molar-refractivity contribution in [3.05, 3.63) is 76.3 Å². The van der Waals surface area contributed by atoms with Crippen molar-refractivity contribution in [1.82, 2.24) is 5.32 Å². The number of hydrogen-bond donors (Lipinski definition) is 1. The summed E-state index contributed by atoms with van der Waals surface area (Å²) in [6.45, 7) is 3.58. The Morgan fingerprint density at radius 2 is 1.74 bits per heavy atom. The van der Waals surface area contributed by atoms with Crippen LogP contribution in [-0.4, -0.2) is 19.1 Å². The number of ether oxygens (including phenoxy) is 2. The van der Waals surface area contributed by atoms with Crippen LogP contribution in [0.4, 0.5) is 0 Å². The first kappa shape index (κ1) is 19.4. The molecule has 0 heterocycles. The van der Waals surface area contributed by atoms with E-state index in [2.05, 4.69) is 21.2 Å². The average molecular weight is 428 g/mol. The Morgan fingerprint density at radius 3 is 2.56 bits per heavy atom. The van der Waals surface area contributed by atoms with Crippen LogP contribution in [0, 0.1) is 0 Å². The van der Waals surface area contributed by atoms with Gasteiger partial charge in [-0.05, 0) is 50.8 Å². The summed E-state index contributed by atoms with van der Waals surface area (Å²) in [7, 11) is 0. The molecule has 0 bridgehead atoms. The molecular formula is C22H22BrNO3. The second kappa shape index (κ2) is 9.53. The Balaban J connectivity index is 1.57. The Hall–Kier alpha value is -2.37. The van der Waals surface area contributed by atoms with Crippen LogP contribution >= 0.6 is 15.9 Å². The third kappa shape index (κ3) is 5.08. The van der Waals surface area contributed by atoms with Crippen LogP contribution in [0.5, 0.6) is 5.75 Å².